The minimum Gasteiger partial charge on any atom is -0.508 e. The molecule has 0 saturated carbocycles. The van der Waals surface area contributed by atoms with Crippen molar-refractivity contribution in [2.75, 3.05) is 19.6 Å². The van der Waals surface area contributed by atoms with Crippen LogP contribution in [0, 0.1) is 11.8 Å². The molecule has 0 radical (unpaired) electrons. The van der Waals surface area contributed by atoms with Crippen LogP contribution >= 0.6 is 0 Å². The Balaban J connectivity index is 1.36. The monoisotopic (exact) mass is 465 g/mol. The van der Waals surface area contributed by atoms with Gasteiger partial charge < -0.3 is 25.7 Å². The molecule has 1 unspecified atom stereocenters. The summed E-state index contributed by atoms with van der Waals surface area (Å²) in [6.45, 7) is 12.3. The molecule has 2 aromatic rings. The normalized spacial score (nSPS) is 26.1. The van der Waals surface area contributed by atoms with Crippen LogP contribution < -0.4 is 10.6 Å². The smallest absolute Gasteiger partial charge is 0.237 e. The molecule has 1 fully saturated rings. The molecule has 1 saturated heterocycles. The van der Waals surface area contributed by atoms with Gasteiger partial charge in [0.1, 0.15) is 11.5 Å². The highest BCUT2D eigenvalue weighted by molar-refractivity contribution is 5.82. The maximum absolute atomic E-state index is 13.2. The van der Waals surface area contributed by atoms with Gasteiger partial charge in [-0.2, -0.15) is 0 Å². The van der Waals surface area contributed by atoms with Crippen molar-refractivity contribution < 1.29 is 15.0 Å². The molecule has 0 aliphatic carbocycles. The zero-order valence-corrected chi connectivity index (χ0v) is 20.8. The first kappa shape index (κ1) is 24.6. The minimum atomic E-state index is -0.257. The Kier molecular flexibility index (Phi) is 7.20. The average Bonchev–Trinajstić information content (AvgIpc) is 2.80. The van der Waals surface area contributed by atoms with Crippen molar-refractivity contribution in [3.63, 3.8) is 0 Å². The van der Waals surface area contributed by atoms with E-state index in [1.165, 1.54) is 5.56 Å². The number of phenolic OH excluding ortho intramolecular Hbond substituents is 2. The van der Waals surface area contributed by atoms with E-state index in [0.29, 0.717) is 30.6 Å². The molecule has 4 rings (SSSR count). The number of rotatable bonds is 6. The number of phenols is 2. The lowest BCUT2D eigenvalue weighted by Crippen LogP contribution is -2.56. The molecule has 1 amide bonds. The van der Waals surface area contributed by atoms with E-state index in [4.69, 9.17) is 0 Å². The number of hydrogen-bond acceptors (Lipinski definition) is 5. The van der Waals surface area contributed by atoms with Crippen molar-refractivity contribution in [2.45, 2.75) is 64.6 Å². The summed E-state index contributed by atoms with van der Waals surface area (Å²) < 4.78 is 0. The fourth-order valence-corrected chi connectivity index (χ4v) is 5.44. The van der Waals surface area contributed by atoms with Crippen LogP contribution in [0.25, 0.3) is 0 Å². The summed E-state index contributed by atoms with van der Waals surface area (Å²) in [7, 11) is 0. The molecular formula is C28H39N3O3. The average molecular weight is 466 g/mol. The molecule has 0 bridgehead atoms. The van der Waals surface area contributed by atoms with Crippen LogP contribution in [0.15, 0.2) is 42.5 Å². The molecule has 4 atom stereocenters. The van der Waals surface area contributed by atoms with Crippen LogP contribution in [0.4, 0.5) is 0 Å². The summed E-state index contributed by atoms with van der Waals surface area (Å²) in [5.41, 5.74) is 3.40. The SMILES string of the molecule is CC(C)C(CN1CC[C@@](C)(c2cccc(O)c2)[C@@H](C)C1)NC(=O)[C@H]1Cc2ccc(O)cc2CN1. The third kappa shape index (κ3) is 5.23. The molecular weight excluding hydrogens is 426 g/mol. The lowest BCUT2D eigenvalue weighted by molar-refractivity contribution is -0.124. The third-order valence-electron chi connectivity index (χ3n) is 8.13. The van der Waals surface area contributed by atoms with Gasteiger partial charge in [0.25, 0.3) is 0 Å². The number of aromatic hydroxyl groups is 2. The van der Waals surface area contributed by atoms with Crippen LogP contribution in [-0.2, 0) is 23.2 Å². The number of fused-ring (bicyclic) bond motifs is 1. The second kappa shape index (κ2) is 9.96. The Bertz CT molecular complexity index is 1020. The maximum atomic E-state index is 13.2. The van der Waals surface area contributed by atoms with Gasteiger partial charge in [-0.3, -0.25) is 4.79 Å². The maximum Gasteiger partial charge on any atom is 0.237 e. The Morgan fingerprint density at radius 2 is 1.94 bits per heavy atom. The first-order valence-corrected chi connectivity index (χ1v) is 12.5. The second-order valence-corrected chi connectivity index (χ2v) is 10.8. The fraction of sp³-hybridized carbons (Fsp3) is 0.536. The lowest BCUT2D eigenvalue weighted by Gasteiger charge is -2.46. The van der Waals surface area contributed by atoms with Gasteiger partial charge in [0.05, 0.1) is 6.04 Å². The van der Waals surface area contributed by atoms with E-state index in [1.807, 2.05) is 18.2 Å². The fourth-order valence-electron chi connectivity index (χ4n) is 5.44. The van der Waals surface area contributed by atoms with Crippen LogP contribution in [-0.4, -0.2) is 52.7 Å². The zero-order chi connectivity index (χ0) is 24.5. The van der Waals surface area contributed by atoms with Gasteiger partial charge in [-0.1, -0.05) is 45.9 Å². The number of likely N-dealkylation sites (tertiary alicyclic amines) is 1. The van der Waals surface area contributed by atoms with Crippen molar-refractivity contribution >= 4 is 5.91 Å². The molecule has 0 aromatic heterocycles. The Morgan fingerprint density at radius 1 is 1.18 bits per heavy atom. The van der Waals surface area contributed by atoms with Crippen LogP contribution in [0.3, 0.4) is 0 Å². The predicted octanol–water partition coefficient (Wildman–Crippen LogP) is 3.55. The third-order valence-corrected chi connectivity index (χ3v) is 8.13. The van der Waals surface area contributed by atoms with Gasteiger partial charge >= 0.3 is 0 Å². The molecule has 6 heteroatoms. The van der Waals surface area contributed by atoms with E-state index >= 15 is 0 Å². The highest BCUT2D eigenvalue weighted by Crippen LogP contribution is 2.40. The van der Waals surface area contributed by atoms with E-state index in [2.05, 4.69) is 49.3 Å². The number of nitrogens with zero attached hydrogens (tertiary/aromatic N) is 1. The van der Waals surface area contributed by atoms with Crippen molar-refractivity contribution in [3.8, 4) is 11.5 Å². The van der Waals surface area contributed by atoms with Gasteiger partial charge in [-0.05, 0) is 77.6 Å². The number of amides is 1. The molecule has 0 spiro atoms. The topological polar surface area (TPSA) is 84.8 Å². The number of benzene rings is 2. The minimum absolute atomic E-state index is 0.0274. The lowest BCUT2D eigenvalue weighted by atomic mass is 9.68. The predicted molar refractivity (Wildman–Crippen MR) is 135 cm³/mol. The van der Waals surface area contributed by atoms with E-state index in [-0.39, 0.29) is 29.2 Å². The van der Waals surface area contributed by atoms with Crippen molar-refractivity contribution in [2.24, 2.45) is 11.8 Å². The number of hydrogen-bond donors (Lipinski definition) is 4. The molecule has 184 valence electrons. The quantitative estimate of drug-likeness (QED) is 0.524. The van der Waals surface area contributed by atoms with Crippen molar-refractivity contribution in [1.82, 2.24) is 15.5 Å². The number of carbonyl (C=O) groups excluding carboxylic acids is 1. The van der Waals surface area contributed by atoms with Gasteiger partial charge in [-0.25, -0.2) is 0 Å². The second-order valence-electron chi connectivity index (χ2n) is 10.8. The summed E-state index contributed by atoms with van der Waals surface area (Å²) >= 11 is 0. The number of carbonyl (C=O) groups is 1. The van der Waals surface area contributed by atoms with Crippen molar-refractivity contribution in [1.29, 1.82) is 0 Å². The van der Waals surface area contributed by atoms with E-state index in [0.717, 1.165) is 37.2 Å². The standard InChI is InChI=1S/C28H39N3O3/c1-18(2)26(30-27(34)25-13-20-8-9-24(33)12-21(20)15-29-25)17-31-11-10-28(4,19(3)16-31)22-6-5-7-23(32)14-22/h5-9,12,14,18-19,25-26,29,32-33H,10-11,13,15-17H2,1-4H3,(H,30,34)/t19-,25+,26?,28+/m0/s1. The summed E-state index contributed by atoms with van der Waals surface area (Å²) in [5, 5.41) is 26.3. The Morgan fingerprint density at radius 3 is 2.65 bits per heavy atom. The first-order chi connectivity index (χ1) is 16.2. The molecule has 2 aromatic carbocycles. The Labute approximate surface area is 203 Å². The van der Waals surface area contributed by atoms with E-state index < -0.39 is 0 Å². The number of piperidine rings is 1. The van der Waals surface area contributed by atoms with Crippen LogP contribution in [0.5, 0.6) is 11.5 Å². The highest BCUT2D eigenvalue weighted by Gasteiger charge is 2.39. The summed E-state index contributed by atoms with van der Waals surface area (Å²) in [4.78, 5) is 15.6. The van der Waals surface area contributed by atoms with E-state index in [9.17, 15) is 15.0 Å². The van der Waals surface area contributed by atoms with Gasteiger partial charge in [-0.15, -0.1) is 0 Å². The molecule has 6 nitrogen and oxygen atoms in total. The van der Waals surface area contributed by atoms with Gasteiger partial charge in [0.2, 0.25) is 5.91 Å². The molecule has 4 N–H and O–H groups in total. The summed E-state index contributed by atoms with van der Waals surface area (Å²) in [5.74, 6) is 1.39. The molecule has 2 aliphatic rings. The molecule has 2 heterocycles. The zero-order valence-electron chi connectivity index (χ0n) is 20.8. The van der Waals surface area contributed by atoms with Gasteiger partial charge in [0, 0.05) is 25.7 Å². The van der Waals surface area contributed by atoms with E-state index in [1.54, 1.807) is 18.2 Å². The highest BCUT2D eigenvalue weighted by atomic mass is 16.3. The Hall–Kier alpha value is -2.57. The summed E-state index contributed by atoms with van der Waals surface area (Å²) in [6.07, 6.45) is 1.65. The number of nitrogens with one attached hydrogen (secondary N) is 2. The molecule has 34 heavy (non-hydrogen) atoms. The largest absolute Gasteiger partial charge is 0.508 e. The van der Waals surface area contributed by atoms with Crippen LogP contribution in [0.2, 0.25) is 0 Å². The van der Waals surface area contributed by atoms with Crippen molar-refractivity contribution in [3.05, 3.63) is 59.2 Å². The summed E-state index contributed by atoms with van der Waals surface area (Å²) in [6, 6.07) is 12.9. The molecule has 2 aliphatic heterocycles. The van der Waals surface area contributed by atoms with Crippen LogP contribution in [0.1, 0.15) is 50.8 Å². The van der Waals surface area contributed by atoms with Gasteiger partial charge in [0.15, 0.2) is 0 Å². The first-order valence-electron chi connectivity index (χ1n) is 12.5.